The minimum Gasteiger partial charge on any atom is -0.343 e. The summed E-state index contributed by atoms with van der Waals surface area (Å²) in [7, 11) is 0. The van der Waals surface area contributed by atoms with Crippen molar-refractivity contribution in [3.63, 3.8) is 0 Å². The predicted octanol–water partition coefficient (Wildman–Crippen LogP) is 1.84. The third-order valence-corrected chi connectivity index (χ3v) is 2.78. The van der Waals surface area contributed by atoms with E-state index < -0.39 is 0 Å². The first-order valence-corrected chi connectivity index (χ1v) is 5.51. The number of piperidine rings is 1. The number of alkyl halides is 1. The summed E-state index contributed by atoms with van der Waals surface area (Å²) in [5.41, 5.74) is 0. The maximum atomic E-state index is 11.0. The second kappa shape index (κ2) is 4.85. The summed E-state index contributed by atoms with van der Waals surface area (Å²) < 4.78 is 0. The van der Waals surface area contributed by atoms with Gasteiger partial charge in [0.1, 0.15) is 0 Å². The second-order valence-corrected chi connectivity index (χ2v) is 3.88. The Morgan fingerprint density at radius 3 is 2.58 bits per heavy atom. The van der Waals surface area contributed by atoms with Crippen LogP contribution in [0.15, 0.2) is 0 Å². The highest BCUT2D eigenvalue weighted by atomic mass is 79.9. The van der Waals surface area contributed by atoms with Crippen LogP contribution in [-0.4, -0.2) is 29.2 Å². The minimum absolute atomic E-state index is 0.215. The van der Waals surface area contributed by atoms with Gasteiger partial charge in [-0.05, 0) is 25.2 Å². The lowest BCUT2D eigenvalue weighted by Gasteiger charge is -2.30. The van der Waals surface area contributed by atoms with Crippen LogP contribution in [-0.2, 0) is 4.79 Å². The van der Waals surface area contributed by atoms with Crippen LogP contribution in [0.2, 0.25) is 0 Å². The molecule has 1 radical (unpaired) electrons. The number of hydrogen-bond acceptors (Lipinski definition) is 1. The van der Waals surface area contributed by atoms with Crippen LogP contribution in [0.4, 0.5) is 0 Å². The van der Waals surface area contributed by atoms with Gasteiger partial charge in [0, 0.05) is 25.3 Å². The zero-order valence-corrected chi connectivity index (χ0v) is 9.01. The van der Waals surface area contributed by atoms with Gasteiger partial charge in [0.2, 0.25) is 5.91 Å². The van der Waals surface area contributed by atoms with E-state index in [-0.39, 0.29) is 5.91 Å². The monoisotopic (exact) mass is 232 g/mol. The van der Waals surface area contributed by atoms with Crippen molar-refractivity contribution in [2.45, 2.75) is 19.8 Å². The van der Waals surface area contributed by atoms with Crippen LogP contribution in [0, 0.1) is 12.3 Å². The fraction of sp³-hybridized carbons (Fsp3) is 0.778. The summed E-state index contributed by atoms with van der Waals surface area (Å²) in [6, 6.07) is 0. The van der Waals surface area contributed by atoms with Gasteiger partial charge in [-0.3, -0.25) is 4.79 Å². The minimum atomic E-state index is 0.215. The van der Waals surface area contributed by atoms with Gasteiger partial charge in [0.15, 0.2) is 0 Å². The number of hydrogen-bond donors (Lipinski definition) is 0. The van der Waals surface area contributed by atoms with E-state index in [1.807, 2.05) is 4.90 Å². The third-order valence-electron chi connectivity index (χ3n) is 2.41. The molecule has 0 spiro atoms. The van der Waals surface area contributed by atoms with Gasteiger partial charge in [-0.25, -0.2) is 0 Å². The first kappa shape index (κ1) is 10.0. The van der Waals surface area contributed by atoms with Crippen LogP contribution in [0.25, 0.3) is 0 Å². The zero-order chi connectivity index (χ0) is 8.97. The van der Waals surface area contributed by atoms with E-state index in [0.29, 0.717) is 5.92 Å². The SMILES string of the molecule is CC(=O)N1CCC([CH]CBr)CC1. The first-order valence-electron chi connectivity index (χ1n) is 4.39. The van der Waals surface area contributed by atoms with Crippen LogP contribution >= 0.6 is 15.9 Å². The highest BCUT2D eigenvalue weighted by Gasteiger charge is 2.19. The Kier molecular flexibility index (Phi) is 4.06. The molecule has 0 saturated carbocycles. The third kappa shape index (κ3) is 2.77. The number of halogens is 1. The second-order valence-electron chi connectivity index (χ2n) is 3.23. The molecule has 0 bridgehead atoms. The molecule has 0 aromatic rings. The Morgan fingerprint density at radius 1 is 1.58 bits per heavy atom. The molecule has 1 heterocycles. The van der Waals surface area contributed by atoms with Crippen molar-refractivity contribution in [2.75, 3.05) is 18.4 Å². The lowest BCUT2D eigenvalue weighted by Crippen LogP contribution is -2.37. The molecule has 12 heavy (non-hydrogen) atoms. The van der Waals surface area contributed by atoms with Crippen molar-refractivity contribution in [1.29, 1.82) is 0 Å². The average Bonchev–Trinajstić information content (AvgIpc) is 2.06. The Morgan fingerprint density at radius 2 is 2.17 bits per heavy atom. The van der Waals surface area contributed by atoms with Gasteiger partial charge in [0.25, 0.3) is 0 Å². The van der Waals surface area contributed by atoms with E-state index in [1.54, 1.807) is 6.92 Å². The Hall–Kier alpha value is -0.0500. The number of likely N-dealkylation sites (tertiary alicyclic amines) is 1. The predicted molar refractivity (Wildman–Crippen MR) is 53.1 cm³/mol. The molecule has 0 aliphatic carbocycles. The first-order chi connectivity index (χ1) is 5.74. The van der Waals surface area contributed by atoms with Gasteiger partial charge in [-0.1, -0.05) is 15.9 Å². The van der Waals surface area contributed by atoms with E-state index >= 15 is 0 Å². The molecular formula is C9H15BrNO. The highest BCUT2D eigenvalue weighted by Crippen LogP contribution is 2.20. The van der Waals surface area contributed by atoms with Crippen molar-refractivity contribution >= 4 is 21.8 Å². The van der Waals surface area contributed by atoms with Gasteiger partial charge in [0.05, 0.1) is 0 Å². The topological polar surface area (TPSA) is 20.3 Å². The van der Waals surface area contributed by atoms with Crippen LogP contribution < -0.4 is 0 Å². The van der Waals surface area contributed by atoms with E-state index in [4.69, 9.17) is 0 Å². The molecular weight excluding hydrogens is 218 g/mol. The number of nitrogens with zero attached hydrogens (tertiary/aromatic N) is 1. The molecule has 1 aliphatic rings. The van der Waals surface area contributed by atoms with E-state index in [1.165, 1.54) is 0 Å². The molecule has 1 saturated heterocycles. The maximum Gasteiger partial charge on any atom is 0.219 e. The molecule has 1 rings (SSSR count). The standard InChI is InChI=1S/C9H15BrNO/c1-8(12)11-6-3-9(2-5-10)4-7-11/h2,9H,3-7H2,1H3. The van der Waals surface area contributed by atoms with Crippen molar-refractivity contribution < 1.29 is 4.79 Å². The van der Waals surface area contributed by atoms with Crippen LogP contribution in [0.5, 0.6) is 0 Å². The quantitative estimate of drug-likeness (QED) is 0.666. The summed E-state index contributed by atoms with van der Waals surface area (Å²) in [5, 5.41) is 0.970. The molecule has 69 valence electrons. The Balaban J connectivity index is 2.25. The van der Waals surface area contributed by atoms with Gasteiger partial charge in [-0.2, -0.15) is 0 Å². The largest absolute Gasteiger partial charge is 0.343 e. The highest BCUT2D eigenvalue weighted by molar-refractivity contribution is 9.09. The molecule has 0 aromatic heterocycles. The van der Waals surface area contributed by atoms with Crippen molar-refractivity contribution in [1.82, 2.24) is 4.90 Å². The average molecular weight is 233 g/mol. The summed E-state index contributed by atoms with van der Waals surface area (Å²) in [4.78, 5) is 12.9. The molecule has 1 fully saturated rings. The fourth-order valence-corrected chi connectivity index (χ4v) is 2.10. The number of rotatable bonds is 2. The number of amides is 1. The Bertz CT molecular complexity index is 153. The van der Waals surface area contributed by atoms with Gasteiger partial charge >= 0.3 is 0 Å². The smallest absolute Gasteiger partial charge is 0.219 e. The van der Waals surface area contributed by atoms with Gasteiger partial charge < -0.3 is 4.90 Å². The molecule has 0 unspecified atom stereocenters. The number of carbonyl (C=O) groups excluding carboxylic acids is 1. The lowest BCUT2D eigenvalue weighted by molar-refractivity contribution is -0.130. The number of carbonyl (C=O) groups is 1. The van der Waals surface area contributed by atoms with Crippen molar-refractivity contribution in [2.24, 2.45) is 5.92 Å². The van der Waals surface area contributed by atoms with Crippen molar-refractivity contribution in [3.05, 3.63) is 6.42 Å². The summed E-state index contributed by atoms with van der Waals surface area (Å²) in [6.07, 6.45) is 4.55. The van der Waals surface area contributed by atoms with E-state index in [0.717, 1.165) is 31.3 Å². The zero-order valence-electron chi connectivity index (χ0n) is 7.42. The fourth-order valence-electron chi connectivity index (χ4n) is 1.58. The van der Waals surface area contributed by atoms with Crippen LogP contribution in [0.1, 0.15) is 19.8 Å². The Labute approximate surface area is 82.4 Å². The molecule has 2 nitrogen and oxygen atoms in total. The molecule has 0 aromatic carbocycles. The van der Waals surface area contributed by atoms with Crippen LogP contribution in [0.3, 0.4) is 0 Å². The summed E-state index contributed by atoms with van der Waals surface area (Å²) in [5.74, 6) is 0.923. The molecule has 0 atom stereocenters. The van der Waals surface area contributed by atoms with Gasteiger partial charge in [-0.15, -0.1) is 0 Å². The summed E-state index contributed by atoms with van der Waals surface area (Å²) >= 11 is 3.39. The van der Waals surface area contributed by atoms with E-state index in [2.05, 4.69) is 22.4 Å². The molecule has 1 amide bonds. The maximum absolute atomic E-state index is 11.0. The lowest BCUT2D eigenvalue weighted by atomic mass is 9.94. The summed E-state index contributed by atoms with van der Waals surface area (Å²) in [6.45, 7) is 3.52. The normalized spacial score (nSPS) is 19.7. The molecule has 1 aliphatic heterocycles. The molecule has 0 N–H and O–H groups in total. The molecule has 3 heteroatoms. The van der Waals surface area contributed by atoms with Crippen molar-refractivity contribution in [3.8, 4) is 0 Å². The van der Waals surface area contributed by atoms with E-state index in [9.17, 15) is 4.79 Å².